The molecule has 1 fully saturated rings. The molecule has 8 heteroatoms. The van der Waals surface area contributed by atoms with Crippen LogP contribution >= 0.6 is 0 Å². The third kappa shape index (κ3) is 6.34. The summed E-state index contributed by atoms with van der Waals surface area (Å²) in [4.78, 5) is 29.2. The first-order chi connectivity index (χ1) is 15.0. The summed E-state index contributed by atoms with van der Waals surface area (Å²) >= 11 is 0. The van der Waals surface area contributed by atoms with E-state index < -0.39 is 12.1 Å². The third-order valence-electron chi connectivity index (χ3n) is 5.33. The van der Waals surface area contributed by atoms with Gasteiger partial charge in [0.1, 0.15) is 17.6 Å². The average molecular weight is 429 g/mol. The largest absolute Gasteiger partial charge is 0.508 e. The van der Waals surface area contributed by atoms with Crippen molar-refractivity contribution in [1.29, 1.82) is 0 Å². The van der Waals surface area contributed by atoms with Gasteiger partial charge in [0.15, 0.2) is 0 Å². The Labute approximate surface area is 181 Å². The molecule has 0 spiro atoms. The van der Waals surface area contributed by atoms with Crippen LogP contribution in [0.25, 0.3) is 0 Å². The number of hydrogen-bond donors (Lipinski definition) is 3. The fourth-order valence-corrected chi connectivity index (χ4v) is 3.64. The van der Waals surface area contributed by atoms with Gasteiger partial charge in [-0.2, -0.15) is 0 Å². The van der Waals surface area contributed by atoms with Crippen LogP contribution in [0.5, 0.6) is 5.75 Å². The fourth-order valence-electron chi connectivity index (χ4n) is 3.64. The van der Waals surface area contributed by atoms with E-state index in [4.69, 9.17) is 0 Å². The van der Waals surface area contributed by atoms with Crippen molar-refractivity contribution in [3.63, 3.8) is 0 Å². The molecule has 0 aromatic heterocycles. The number of nitrogens with zero attached hydrogens (tertiary/aromatic N) is 2. The van der Waals surface area contributed by atoms with Crippen molar-refractivity contribution in [1.82, 2.24) is 15.5 Å². The molecule has 1 aliphatic rings. The fraction of sp³-hybridized carbons (Fsp3) is 0.391. The normalized spacial score (nSPS) is 14.8. The third-order valence-corrected chi connectivity index (χ3v) is 5.33. The zero-order valence-corrected chi connectivity index (χ0v) is 17.7. The average Bonchev–Trinajstić information content (AvgIpc) is 2.78. The Balaban J connectivity index is 1.51. The SMILES string of the molecule is CCCC(NC(=O)NCc1ccc(F)cc1)C(=O)N1CCN(c2cccc(O)c2)CC1. The number of aromatic hydroxyl groups is 1. The number of phenolic OH excluding ortho intramolecular Hbond substituents is 1. The molecular weight excluding hydrogens is 399 g/mol. The predicted octanol–water partition coefficient (Wildman–Crippen LogP) is 2.85. The molecule has 166 valence electrons. The van der Waals surface area contributed by atoms with Crippen molar-refractivity contribution in [2.45, 2.75) is 32.4 Å². The van der Waals surface area contributed by atoms with E-state index in [-0.39, 0.29) is 24.0 Å². The van der Waals surface area contributed by atoms with Gasteiger partial charge in [-0.15, -0.1) is 0 Å². The maximum Gasteiger partial charge on any atom is 0.315 e. The van der Waals surface area contributed by atoms with Crippen LogP contribution < -0.4 is 15.5 Å². The van der Waals surface area contributed by atoms with Crippen LogP contribution in [0.2, 0.25) is 0 Å². The van der Waals surface area contributed by atoms with Gasteiger partial charge < -0.3 is 25.5 Å². The van der Waals surface area contributed by atoms with E-state index in [1.165, 1.54) is 12.1 Å². The standard InChI is InChI=1S/C23H29FN4O3/c1-2-4-21(26-23(31)25-16-17-7-9-18(24)10-8-17)22(30)28-13-11-27(12-14-28)19-5-3-6-20(29)15-19/h3,5-10,15,21,29H,2,4,11-14,16H2,1H3,(H2,25,26,31). The molecule has 3 N–H and O–H groups in total. The van der Waals surface area contributed by atoms with Gasteiger partial charge in [0.25, 0.3) is 0 Å². The topological polar surface area (TPSA) is 84.9 Å². The van der Waals surface area contributed by atoms with E-state index in [1.54, 1.807) is 35.2 Å². The number of hydrogen-bond acceptors (Lipinski definition) is 4. The maximum absolute atomic E-state index is 13.0. The zero-order valence-electron chi connectivity index (χ0n) is 17.7. The second-order valence-corrected chi connectivity index (χ2v) is 7.63. The molecule has 0 bridgehead atoms. The molecule has 1 atom stereocenters. The Morgan fingerprint density at radius 2 is 1.81 bits per heavy atom. The lowest BCUT2D eigenvalue weighted by Crippen LogP contribution is -2.56. The maximum atomic E-state index is 13.0. The number of carbonyl (C=O) groups excluding carboxylic acids is 2. The summed E-state index contributed by atoms with van der Waals surface area (Å²) < 4.78 is 13.0. The molecule has 0 aliphatic carbocycles. The summed E-state index contributed by atoms with van der Waals surface area (Å²) in [5, 5.41) is 15.2. The first kappa shape index (κ1) is 22.4. The van der Waals surface area contributed by atoms with E-state index in [9.17, 15) is 19.1 Å². The van der Waals surface area contributed by atoms with Crippen LogP contribution in [0.3, 0.4) is 0 Å². The smallest absolute Gasteiger partial charge is 0.315 e. The molecule has 1 heterocycles. The molecule has 3 rings (SSSR count). The van der Waals surface area contributed by atoms with Crippen molar-refractivity contribution in [2.75, 3.05) is 31.1 Å². The number of piperazine rings is 1. The Bertz CT molecular complexity index is 883. The number of phenols is 1. The summed E-state index contributed by atoms with van der Waals surface area (Å²) in [6, 6.07) is 12.0. The molecule has 31 heavy (non-hydrogen) atoms. The predicted molar refractivity (Wildman–Crippen MR) is 117 cm³/mol. The number of rotatable bonds is 7. The van der Waals surface area contributed by atoms with Crippen LogP contribution in [0.4, 0.5) is 14.9 Å². The number of nitrogens with one attached hydrogen (secondary N) is 2. The Kier molecular flexibility index (Phi) is 7.70. The lowest BCUT2D eigenvalue weighted by atomic mass is 10.1. The minimum atomic E-state index is -0.592. The molecule has 3 amide bonds. The zero-order chi connectivity index (χ0) is 22.2. The van der Waals surface area contributed by atoms with Gasteiger partial charge in [-0.25, -0.2) is 9.18 Å². The number of urea groups is 1. The van der Waals surface area contributed by atoms with Crippen molar-refractivity contribution >= 4 is 17.6 Å². The highest BCUT2D eigenvalue weighted by atomic mass is 19.1. The number of amides is 3. The van der Waals surface area contributed by atoms with Crippen LogP contribution in [0, 0.1) is 5.82 Å². The minimum Gasteiger partial charge on any atom is -0.508 e. The Hall–Kier alpha value is -3.29. The van der Waals surface area contributed by atoms with E-state index in [0.29, 0.717) is 32.6 Å². The number of anilines is 1. The molecule has 1 saturated heterocycles. The van der Waals surface area contributed by atoms with Crippen LogP contribution in [0.1, 0.15) is 25.3 Å². The van der Waals surface area contributed by atoms with Gasteiger partial charge in [0, 0.05) is 44.5 Å². The molecular formula is C23H29FN4O3. The Morgan fingerprint density at radius 3 is 2.45 bits per heavy atom. The second-order valence-electron chi connectivity index (χ2n) is 7.63. The first-order valence-corrected chi connectivity index (χ1v) is 10.6. The first-order valence-electron chi connectivity index (χ1n) is 10.6. The minimum absolute atomic E-state index is 0.0886. The van der Waals surface area contributed by atoms with Crippen molar-refractivity contribution in [3.05, 3.63) is 59.9 Å². The van der Waals surface area contributed by atoms with Gasteiger partial charge in [-0.1, -0.05) is 31.5 Å². The highest BCUT2D eigenvalue weighted by molar-refractivity contribution is 5.87. The summed E-state index contributed by atoms with van der Waals surface area (Å²) in [7, 11) is 0. The summed E-state index contributed by atoms with van der Waals surface area (Å²) in [5.74, 6) is -0.199. The van der Waals surface area contributed by atoms with Gasteiger partial charge in [0.05, 0.1) is 0 Å². The van der Waals surface area contributed by atoms with Gasteiger partial charge in [-0.05, 0) is 36.2 Å². The van der Waals surface area contributed by atoms with E-state index in [0.717, 1.165) is 17.7 Å². The highest BCUT2D eigenvalue weighted by Gasteiger charge is 2.28. The molecule has 7 nitrogen and oxygen atoms in total. The van der Waals surface area contributed by atoms with E-state index >= 15 is 0 Å². The summed E-state index contributed by atoms with van der Waals surface area (Å²) in [6.45, 7) is 4.64. The molecule has 1 unspecified atom stereocenters. The van der Waals surface area contributed by atoms with Crippen LogP contribution in [0.15, 0.2) is 48.5 Å². The summed E-state index contributed by atoms with van der Waals surface area (Å²) in [6.07, 6.45) is 1.31. The van der Waals surface area contributed by atoms with E-state index in [2.05, 4.69) is 15.5 Å². The van der Waals surface area contributed by atoms with Crippen molar-refractivity contribution in [2.24, 2.45) is 0 Å². The lowest BCUT2D eigenvalue weighted by Gasteiger charge is -2.37. The van der Waals surface area contributed by atoms with Crippen LogP contribution in [-0.2, 0) is 11.3 Å². The molecule has 0 radical (unpaired) electrons. The van der Waals surface area contributed by atoms with Crippen molar-refractivity contribution < 1.29 is 19.1 Å². The lowest BCUT2D eigenvalue weighted by molar-refractivity contribution is -0.133. The molecule has 2 aromatic carbocycles. The summed E-state index contributed by atoms with van der Waals surface area (Å²) in [5.41, 5.74) is 1.70. The van der Waals surface area contributed by atoms with Crippen LogP contribution in [-0.4, -0.2) is 54.2 Å². The Morgan fingerprint density at radius 1 is 1.10 bits per heavy atom. The number of benzene rings is 2. The highest BCUT2D eigenvalue weighted by Crippen LogP contribution is 2.21. The molecule has 1 aliphatic heterocycles. The second kappa shape index (κ2) is 10.7. The van der Waals surface area contributed by atoms with Crippen molar-refractivity contribution in [3.8, 4) is 5.75 Å². The monoisotopic (exact) mass is 428 g/mol. The molecule has 2 aromatic rings. The molecule has 0 saturated carbocycles. The quantitative estimate of drug-likeness (QED) is 0.633. The van der Waals surface area contributed by atoms with Gasteiger partial charge >= 0.3 is 6.03 Å². The van der Waals surface area contributed by atoms with Gasteiger partial charge in [0.2, 0.25) is 5.91 Å². The number of halogens is 1. The number of carbonyl (C=O) groups is 2. The van der Waals surface area contributed by atoms with E-state index in [1.807, 2.05) is 13.0 Å². The van der Waals surface area contributed by atoms with Gasteiger partial charge in [-0.3, -0.25) is 4.79 Å².